The number of hydrogen-bond acceptors (Lipinski definition) is 3. The summed E-state index contributed by atoms with van der Waals surface area (Å²) in [6, 6.07) is 4.54. The fraction of sp³-hybridized carbons (Fsp3) is 0.250. The smallest absolute Gasteiger partial charge is 0.251 e. The molecule has 2 N–H and O–H groups in total. The van der Waals surface area contributed by atoms with Crippen molar-refractivity contribution in [3.63, 3.8) is 0 Å². The number of nitrogens with one attached hydrogen (secondary N) is 2. The summed E-state index contributed by atoms with van der Waals surface area (Å²) in [5.74, 6) is -0.431. The Morgan fingerprint density at radius 3 is 2.58 bits per heavy atom. The SMILES string of the molecule is C[C@@H]1N=C(NC(=O)Cc2c(Cl)cccc2Cl)NC1=O. The summed E-state index contributed by atoms with van der Waals surface area (Å²) < 4.78 is 0. The monoisotopic (exact) mass is 299 g/mol. The molecule has 0 aromatic heterocycles. The minimum atomic E-state index is -0.487. The molecule has 0 radical (unpaired) electrons. The van der Waals surface area contributed by atoms with E-state index in [4.69, 9.17) is 23.2 Å². The molecule has 1 atom stereocenters. The van der Waals surface area contributed by atoms with Gasteiger partial charge >= 0.3 is 0 Å². The lowest BCUT2D eigenvalue weighted by molar-refractivity contribution is -0.119. The fourth-order valence-electron chi connectivity index (χ4n) is 1.61. The van der Waals surface area contributed by atoms with E-state index in [0.717, 1.165) is 0 Å². The first-order chi connectivity index (χ1) is 8.97. The Morgan fingerprint density at radius 2 is 2.05 bits per heavy atom. The van der Waals surface area contributed by atoms with Gasteiger partial charge in [-0.15, -0.1) is 0 Å². The van der Waals surface area contributed by atoms with Gasteiger partial charge in [0.15, 0.2) is 0 Å². The number of rotatable bonds is 2. The number of nitrogens with zero attached hydrogens (tertiary/aromatic N) is 1. The molecule has 1 aliphatic heterocycles. The normalized spacial score (nSPS) is 17.9. The highest BCUT2D eigenvalue weighted by Crippen LogP contribution is 2.24. The summed E-state index contributed by atoms with van der Waals surface area (Å²) >= 11 is 11.9. The molecule has 2 amide bonds. The van der Waals surface area contributed by atoms with Gasteiger partial charge in [-0.25, -0.2) is 4.99 Å². The van der Waals surface area contributed by atoms with Crippen molar-refractivity contribution >= 4 is 41.0 Å². The van der Waals surface area contributed by atoms with E-state index in [0.29, 0.717) is 15.6 Å². The Kier molecular flexibility index (Phi) is 4.07. The molecular weight excluding hydrogens is 289 g/mol. The zero-order valence-corrected chi connectivity index (χ0v) is 11.5. The van der Waals surface area contributed by atoms with E-state index in [1.165, 1.54) is 0 Å². The van der Waals surface area contributed by atoms with E-state index in [2.05, 4.69) is 15.6 Å². The molecule has 1 aromatic rings. The zero-order chi connectivity index (χ0) is 14.0. The van der Waals surface area contributed by atoms with Crippen molar-refractivity contribution in [2.24, 2.45) is 4.99 Å². The summed E-state index contributed by atoms with van der Waals surface area (Å²) in [6.45, 7) is 1.64. The van der Waals surface area contributed by atoms with E-state index in [-0.39, 0.29) is 24.2 Å². The van der Waals surface area contributed by atoms with Crippen molar-refractivity contribution in [2.45, 2.75) is 19.4 Å². The number of guanidine groups is 1. The van der Waals surface area contributed by atoms with E-state index < -0.39 is 6.04 Å². The van der Waals surface area contributed by atoms with Crippen LogP contribution in [0.1, 0.15) is 12.5 Å². The Morgan fingerprint density at radius 1 is 1.42 bits per heavy atom. The molecular formula is C12H11Cl2N3O2. The van der Waals surface area contributed by atoms with Gasteiger partial charge in [0.25, 0.3) is 5.91 Å². The Hall–Kier alpha value is -1.59. The quantitative estimate of drug-likeness (QED) is 0.869. The second-order valence-electron chi connectivity index (χ2n) is 4.07. The molecule has 5 nitrogen and oxygen atoms in total. The van der Waals surface area contributed by atoms with Crippen molar-refractivity contribution in [1.29, 1.82) is 0 Å². The summed E-state index contributed by atoms with van der Waals surface area (Å²) in [4.78, 5) is 27.0. The van der Waals surface area contributed by atoms with Gasteiger partial charge in [0, 0.05) is 10.0 Å². The molecule has 0 saturated heterocycles. The van der Waals surface area contributed by atoms with Crippen LogP contribution in [0.2, 0.25) is 10.0 Å². The van der Waals surface area contributed by atoms with E-state index >= 15 is 0 Å². The van der Waals surface area contributed by atoms with Crippen LogP contribution in [-0.4, -0.2) is 23.8 Å². The van der Waals surface area contributed by atoms with E-state index in [1.807, 2.05) is 0 Å². The molecule has 0 unspecified atom stereocenters. The van der Waals surface area contributed by atoms with Crippen molar-refractivity contribution in [3.8, 4) is 0 Å². The molecule has 0 spiro atoms. The fourth-order valence-corrected chi connectivity index (χ4v) is 2.14. The van der Waals surface area contributed by atoms with Crippen LogP contribution in [0.5, 0.6) is 0 Å². The molecule has 0 bridgehead atoms. The van der Waals surface area contributed by atoms with Crippen LogP contribution in [0.15, 0.2) is 23.2 Å². The summed E-state index contributed by atoms with van der Waals surface area (Å²) in [6.07, 6.45) is 0.0157. The van der Waals surface area contributed by atoms with Gasteiger partial charge in [-0.2, -0.15) is 0 Å². The van der Waals surface area contributed by atoms with Crippen LogP contribution >= 0.6 is 23.2 Å². The Labute approximate surface area is 120 Å². The molecule has 1 aromatic carbocycles. The van der Waals surface area contributed by atoms with E-state index in [9.17, 15) is 9.59 Å². The third-order valence-electron chi connectivity index (χ3n) is 2.60. The number of benzene rings is 1. The number of hydrogen-bond donors (Lipinski definition) is 2. The maximum Gasteiger partial charge on any atom is 0.251 e. The highest BCUT2D eigenvalue weighted by molar-refractivity contribution is 6.36. The van der Waals surface area contributed by atoms with Gasteiger partial charge < -0.3 is 0 Å². The molecule has 100 valence electrons. The first kappa shape index (κ1) is 13.8. The van der Waals surface area contributed by atoms with Crippen LogP contribution in [-0.2, 0) is 16.0 Å². The van der Waals surface area contributed by atoms with Crippen molar-refractivity contribution in [1.82, 2.24) is 10.6 Å². The molecule has 0 aliphatic carbocycles. The average Bonchev–Trinajstić information content (AvgIpc) is 2.63. The maximum atomic E-state index is 11.8. The van der Waals surface area contributed by atoms with E-state index in [1.54, 1.807) is 25.1 Å². The van der Waals surface area contributed by atoms with Crippen LogP contribution in [0, 0.1) is 0 Å². The third kappa shape index (κ3) is 3.24. The number of halogens is 2. The van der Waals surface area contributed by atoms with Crippen LogP contribution in [0.3, 0.4) is 0 Å². The Balaban J connectivity index is 2.03. The van der Waals surface area contributed by atoms with Gasteiger partial charge in [0.2, 0.25) is 11.9 Å². The standard InChI is InChI=1S/C12H11Cl2N3O2/c1-6-11(19)17-12(15-6)16-10(18)5-7-8(13)3-2-4-9(7)14/h2-4,6H,5H2,1H3,(H2,15,16,17,18,19)/t6-/m0/s1. The first-order valence-electron chi connectivity index (χ1n) is 5.59. The second-order valence-corrected chi connectivity index (χ2v) is 4.88. The van der Waals surface area contributed by atoms with Gasteiger partial charge in [-0.05, 0) is 24.6 Å². The van der Waals surface area contributed by atoms with Gasteiger partial charge in [0.05, 0.1) is 6.42 Å². The molecule has 0 fully saturated rings. The molecule has 1 aliphatic rings. The number of aliphatic imine (C=N–C) groups is 1. The number of carbonyl (C=O) groups excluding carboxylic acids is 2. The molecule has 2 rings (SSSR count). The summed E-state index contributed by atoms with van der Waals surface area (Å²) in [5.41, 5.74) is 0.543. The molecule has 0 saturated carbocycles. The maximum absolute atomic E-state index is 11.8. The van der Waals surface area contributed by atoms with Crippen LogP contribution < -0.4 is 10.6 Å². The minimum Gasteiger partial charge on any atom is -0.296 e. The zero-order valence-electron chi connectivity index (χ0n) is 10.0. The lowest BCUT2D eigenvalue weighted by atomic mass is 10.1. The van der Waals surface area contributed by atoms with Crippen molar-refractivity contribution in [3.05, 3.63) is 33.8 Å². The topological polar surface area (TPSA) is 70.6 Å². The minimum absolute atomic E-state index is 0.0157. The lowest BCUT2D eigenvalue weighted by Crippen LogP contribution is -2.41. The average molecular weight is 300 g/mol. The predicted octanol–water partition coefficient (Wildman–Crippen LogP) is 1.53. The van der Waals surface area contributed by atoms with Gasteiger partial charge in [0.1, 0.15) is 6.04 Å². The summed E-state index contributed by atoms with van der Waals surface area (Å²) in [5, 5.41) is 5.82. The van der Waals surface area contributed by atoms with Crippen molar-refractivity contribution in [2.75, 3.05) is 0 Å². The molecule has 7 heteroatoms. The third-order valence-corrected chi connectivity index (χ3v) is 3.31. The summed E-state index contributed by atoms with van der Waals surface area (Å²) in [7, 11) is 0. The Bertz CT molecular complexity index is 552. The molecule has 19 heavy (non-hydrogen) atoms. The number of amides is 2. The highest BCUT2D eigenvalue weighted by atomic mass is 35.5. The first-order valence-corrected chi connectivity index (χ1v) is 6.34. The van der Waals surface area contributed by atoms with Gasteiger partial charge in [-0.3, -0.25) is 20.2 Å². The predicted molar refractivity (Wildman–Crippen MR) is 73.3 cm³/mol. The number of carbonyl (C=O) groups is 2. The lowest BCUT2D eigenvalue weighted by Gasteiger charge is -2.07. The molecule has 1 heterocycles. The van der Waals surface area contributed by atoms with Crippen LogP contribution in [0.25, 0.3) is 0 Å². The largest absolute Gasteiger partial charge is 0.296 e. The van der Waals surface area contributed by atoms with Gasteiger partial charge in [-0.1, -0.05) is 29.3 Å². The highest BCUT2D eigenvalue weighted by Gasteiger charge is 2.23. The van der Waals surface area contributed by atoms with Crippen molar-refractivity contribution < 1.29 is 9.59 Å². The second kappa shape index (κ2) is 5.59. The van der Waals surface area contributed by atoms with Crippen LogP contribution in [0.4, 0.5) is 0 Å².